The average Bonchev–Trinajstić information content (AvgIpc) is 2.72. The summed E-state index contributed by atoms with van der Waals surface area (Å²) in [6.07, 6.45) is 2.82. The van der Waals surface area contributed by atoms with Gasteiger partial charge in [0, 0.05) is 18.3 Å². The van der Waals surface area contributed by atoms with E-state index in [0.29, 0.717) is 12.1 Å². The number of thiophene rings is 1. The van der Waals surface area contributed by atoms with Gasteiger partial charge in [0.1, 0.15) is 8.42 Å². The van der Waals surface area contributed by atoms with Crippen molar-refractivity contribution in [2.45, 2.75) is 22.3 Å². The number of sulfonamides is 2. The number of hydrogen-bond donors (Lipinski definition) is 2. The lowest BCUT2D eigenvalue weighted by molar-refractivity contribution is 0.562. The average molecular weight is 322 g/mol. The monoisotopic (exact) mass is 322 g/mol. The minimum Gasteiger partial charge on any atom is -0.286 e. The molecule has 6 nitrogen and oxygen atoms in total. The molecule has 0 radical (unpaired) electrons. The van der Waals surface area contributed by atoms with E-state index in [1.807, 2.05) is 13.8 Å². The third kappa shape index (κ3) is 2.99. The van der Waals surface area contributed by atoms with E-state index in [-0.39, 0.29) is 14.3 Å². The summed E-state index contributed by atoms with van der Waals surface area (Å²) < 4.78 is 52.2. The molecule has 106 valence electrons. The van der Waals surface area contributed by atoms with Gasteiger partial charge in [0.05, 0.1) is 0 Å². The van der Waals surface area contributed by atoms with E-state index in [0.717, 1.165) is 11.3 Å². The van der Waals surface area contributed by atoms with Crippen molar-refractivity contribution in [1.82, 2.24) is 9.44 Å². The highest BCUT2D eigenvalue weighted by molar-refractivity contribution is 7.94. The van der Waals surface area contributed by atoms with Gasteiger partial charge in [0.2, 0.25) is 10.0 Å². The molecule has 0 bridgehead atoms. The van der Waals surface area contributed by atoms with Crippen LogP contribution in [0.1, 0.15) is 19.4 Å². The van der Waals surface area contributed by atoms with Crippen LogP contribution in [-0.4, -0.2) is 23.4 Å². The number of hydrogen-bond acceptors (Lipinski definition) is 5. The van der Waals surface area contributed by atoms with Crippen LogP contribution in [-0.2, 0) is 20.0 Å². The normalized spacial score (nSPS) is 17.2. The molecule has 0 unspecified atom stereocenters. The molecule has 1 aliphatic heterocycles. The topological polar surface area (TPSA) is 92.3 Å². The third-order valence-corrected chi connectivity index (χ3v) is 7.30. The van der Waals surface area contributed by atoms with Gasteiger partial charge in [0.25, 0.3) is 10.0 Å². The highest BCUT2D eigenvalue weighted by Gasteiger charge is 2.27. The Kier molecular flexibility index (Phi) is 3.74. The summed E-state index contributed by atoms with van der Waals surface area (Å²) in [5.74, 6) is 0.176. The fourth-order valence-corrected chi connectivity index (χ4v) is 5.70. The van der Waals surface area contributed by atoms with Gasteiger partial charge in [-0.3, -0.25) is 4.72 Å². The minimum atomic E-state index is -3.66. The molecule has 19 heavy (non-hydrogen) atoms. The molecule has 2 heterocycles. The van der Waals surface area contributed by atoms with E-state index >= 15 is 0 Å². The van der Waals surface area contributed by atoms with Crippen LogP contribution in [0, 0.1) is 5.92 Å². The molecule has 0 spiro atoms. The number of nitrogens with one attached hydrogen (secondary N) is 2. The van der Waals surface area contributed by atoms with Crippen molar-refractivity contribution in [2.24, 2.45) is 5.92 Å². The fourth-order valence-electron chi connectivity index (χ4n) is 1.44. The maximum atomic E-state index is 12.0. The van der Waals surface area contributed by atoms with E-state index in [9.17, 15) is 16.8 Å². The summed E-state index contributed by atoms with van der Waals surface area (Å²) in [4.78, 5) is 0. The van der Waals surface area contributed by atoms with Gasteiger partial charge in [-0.1, -0.05) is 13.8 Å². The Morgan fingerprint density at radius 1 is 1.42 bits per heavy atom. The third-order valence-electron chi connectivity index (χ3n) is 2.38. The predicted octanol–water partition coefficient (Wildman–Crippen LogP) is 0.945. The Hall–Kier alpha value is -0.900. The Morgan fingerprint density at radius 2 is 2.11 bits per heavy atom. The minimum absolute atomic E-state index is 0.00933. The molecule has 1 aliphatic rings. The fraction of sp³-hybridized carbons (Fsp3) is 0.400. The second-order valence-corrected chi connectivity index (χ2v) is 9.46. The van der Waals surface area contributed by atoms with Crippen LogP contribution in [0.5, 0.6) is 0 Å². The van der Waals surface area contributed by atoms with Gasteiger partial charge in [-0.25, -0.2) is 21.6 Å². The van der Waals surface area contributed by atoms with E-state index in [1.54, 1.807) is 0 Å². The van der Waals surface area contributed by atoms with Crippen molar-refractivity contribution in [3.8, 4) is 0 Å². The maximum Gasteiger partial charge on any atom is 0.271 e. The molecule has 0 saturated heterocycles. The molecule has 2 rings (SSSR count). The Balaban J connectivity index is 2.39. The zero-order valence-electron chi connectivity index (χ0n) is 10.4. The van der Waals surface area contributed by atoms with Gasteiger partial charge >= 0.3 is 0 Å². The molecule has 0 aliphatic carbocycles. The molecule has 0 saturated carbocycles. The Labute approximate surface area is 116 Å². The zero-order valence-corrected chi connectivity index (χ0v) is 12.8. The van der Waals surface area contributed by atoms with Crippen LogP contribution < -0.4 is 9.44 Å². The first kappa shape index (κ1) is 14.5. The van der Waals surface area contributed by atoms with Crippen LogP contribution >= 0.6 is 11.3 Å². The van der Waals surface area contributed by atoms with Gasteiger partial charge in [-0.15, -0.1) is 11.3 Å². The molecular formula is C10H14N2O4S3. The lowest BCUT2D eigenvalue weighted by Crippen LogP contribution is -2.26. The lowest BCUT2D eigenvalue weighted by Gasteiger charge is -2.07. The second-order valence-electron chi connectivity index (χ2n) is 4.51. The predicted molar refractivity (Wildman–Crippen MR) is 73.7 cm³/mol. The Morgan fingerprint density at radius 3 is 2.68 bits per heavy atom. The first-order valence-corrected chi connectivity index (χ1v) is 9.33. The molecule has 0 amide bonds. The van der Waals surface area contributed by atoms with E-state index in [2.05, 4.69) is 9.44 Å². The molecule has 2 N–H and O–H groups in total. The van der Waals surface area contributed by atoms with Gasteiger partial charge in [-0.05, 0) is 18.1 Å². The SMILES string of the molecule is CC(C)CNS(=O)(=O)c1cc2c(s1)S(=O)(=O)NC=C2. The van der Waals surface area contributed by atoms with Crippen LogP contribution in [0.3, 0.4) is 0 Å². The maximum absolute atomic E-state index is 12.0. The van der Waals surface area contributed by atoms with Crippen LogP contribution in [0.25, 0.3) is 6.08 Å². The standard InChI is InChI=1S/C10H14N2O4S3/c1-7(2)6-12-18(13,14)9-5-8-3-4-11-19(15,16)10(8)17-9/h3-5,7,11-12H,6H2,1-2H3. The van der Waals surface area contributed by atoms with Crippen molar-refractivity contribution in [1.29, 1.82) is 0 Å². The van der Waals surface area contributed by atoms with Crippen LogP contribution in [0.15, 0.2) is 20.7 Å². The quantitative estimate of drug-likeness (QED) is 0.863. The van der Waals surface area contributed by atoms with Crippen molar-refractivity contribution in [2.75, 3.05) is 6.54 Å². The molecule has 0 aromatic carbocycles. The van der Waals surface area contributed by atoms with Crippen molar-refractivity contribution in [3.63, 3.8) is 0 Å². The molecule has 1 aromatic heterocycles. The van der Waals surface area contributed by atoms with Crippen molar-refractivity contribution >= 4 is 37.5 Å². The first-order chi connectivity index (χ1) is 8.72. The van der Waals surface area contributed by atoms with Gasteiger partial charge in [-0.2, -0.15) is 0 Å². The summed E-state index contributed by atoms with van der Waals surface area (Å²) in [5, 5.41) is 0. The highest BCUT2D eigenvalue weighted by Crippen LogP contribution is 2.32. The summed E-state index contributed by atoms with van der Waals surface area (Å²) >= 11 is 0.749. The smallest absolute Gasteiger partial charge is 0.271 e. The highest BCUT2D eigenvalue weighted by atomic mass is 32.3. The number of rotatable bonds is 4. The molecule has 0 atom stereocenters. The van der Waals surface area contributed by atoms with E-state index in [1.165, 1.54) is 18.3 Å². The van der Waals surface area contributed by atoms with Gasteiger partial charge in [0.15, 0.2) is 0 Å². The summed E-state index contributed by atoms with van der Waals surface area (Å²) in [6, 6.07) is 1.37. The molecular weight excluding hydrogens is 308 g/mol. The van der Waals surface area contributed by atoms with Crippen LogP contribution in [0.2, 0.25) is 0 Å². The second kappa shape index (κ2) is 4.89. The Bertz CT molecular complexity index is 714. The molecule has 1 aromatic rings. The first-order valence-electron chi connectivity index (χ1n) is 5.55. The van der Waals surface area contributed by atoms with E-state index in [4.69, 9.17) is 0 Å². The van der Waals surface area contributed by atoms with Crippen LogP contribution in [0.4, 0.5) is 0 Å². The van der Waals surface area contributed by atoms with Crippen molar-refractivity contribution in [3.05, 3.63) is 17.8 Å². The molecule has 9 heteroatoms. The molecule has 0 fully saturated rings. The summed E-state index contributed by atoms with van der Waals surface area (Å²) in [6.45, 7) is 4.09. The van der Waals surface area contributed by atoms with E-state index < -0.39 is 20.0 Å². The lowest BCUT2D eigenvalue weighted by atomic mass is 10.2. The summed E-state index contributed by atoms with van der Waals surface area (Å²) in [5.41, 5.74) is 0.397. The largest absolute Gasteiger partial charge is 0.286 e. The zero-order chi connectivity index (χ0) is 14.3. The van der Waals surface area contributed by atoms with Gasteiger partial charge < -0.3 is 0 Å². The summed E-state index contributed by atoms with van der Waals surface area (Å²) in [7, 11) is -7.28. The van der Waals surface area contributed by atoms with Crippen molar-refractivity contribution < 1.29 is 16.8 Å². The number of fused-ring (bicyclic) bond motifs is 1.